The second kappa shape index (κ2) is 6.06. The number of benzene rings is 1. The van der Waals surface area contributed by atoms with Gasteiger partial charge in [0.15, 0.2) is 17.3 Å². The highest BCUT2D eigenvalue weighted by molar-refractivity contribution is 7.99. The van der Waals surface area contributed by atoms with Crippen LogP contribution in [0, 0.1) is 6.92 Å². The molecule has 9 heteroatoms. The predicted molar refractivity (Wildman–Crippen MR) is 78.7 cm³/mol. The van der Waals surface area contributed by atoms with Gasteiger partial charge in [-0.15, -0.1) is 10.2 Å². The van der Waals surface area contributed by atoms with Gasteiger partial charge in [0.05, 0.1) is 12.0 Å². The molecule has 0 radical (unpaired) electrons. The van der Waals surface area contributed by atoms with Crippen LogP contribution in [0.15, 0.2) is 28.5 Å². The molecule has 1 aliphatic rings. The summed E-state index contributed by atoms with van der Waals surface area (Å²) < 4.78 is 12.0. The number of hydrogen-bond donors (Lipinski definition) is 1. The number of carbonyl (C=O) groups is 1. The maximum absolute atomic E-state index is 10.6. The fourth-order valence-corrected chi connectivity index (χ4v) is 2.46. The fourth-order valence-electron chi connectivity index (χ4n) is 1.81. The Hall–Kier alpha value is -2.55. The highest BCUT2D eigenvalue weighted by atomic mass is 32.2. The van der Waals surface area contributed by atoms with E-state index in [1.807, 2.05) is 18.2 Å². The van der Waals surface area contributed by atoms with Crippen LogP contribution in [0.3, 0.4) is 0 Å². The van der Waals surface area contributed by atoms with Crippen LogP contribution < -0.4 is 9.47 Å². The quantitative estimate of drug-likeness (QED) is 0.656. The van der Waals surface area contributed by atoms with Crippen LogP contribution in [0.5, 0.6) is 11.5 Å². The number of thioether (sulfide) groups is 1. The van der Waals surface area contributed by atoms with Crippen molar-refractivity contribution in [2.45, 2.75) is 12.1 Å². The molecule has 0 saturated carbocycles. The van der Waals surface area contributed by atoms with Crippen molar-refractivity contribution < 1.29 is 19.4 Å². The van der Waals surface area contributed by atoms with Crippen molar-refractivity contribution in [1.29, 1.82) is 0 Å². The Kier molecular flexibility index (Phi) is 3.96. The SMILES string of the molecule is Cc1nnc(SCC(=O)O)n1N=Cc1ccc2c(c1)OCO2. The average Bonchev–Trinajstić information content (AvgIpc) is 3.09. The zero-order chi connectivity index (χ0) is 15.5. The standard InChI is InChI=1S/C13H12N4O4S/c1-8-15-16-13(22-6-12(18)19)17(8)14-5-9-2-3-10-11(4-9)21-7-20-10/h2-5H,6-7H2,1H3,(H,18,19). The Morgan fingerprint density at radius 1 is 1.45 bits per heavy atom. The molecule has 1 aliphatic heterocycles. The molecule has 0 bridgehead atoms. The van der Waals surface area contributed by atoms with Gasteiger partial charge >= 0.3 is 5.97 Å². The Bertz CT molecular complexity index is 744. The van der Waals surface area contributed by atoms with Gasteiger partial charge in [-0.05, 0) is 30.7 Å². The van der Waals surface area contributed by atoms with E-state index in [9.17, 15) is 4.79 Å². The van der Waals surface area contributed by atoms with Gasteiger partial charge in [0, 0.05) is 0 Å². The van der Waals surface area contributed by atoms with Gasteiger partial charge < -0.3 is 14.6 Å². The van der Waals surface area contributed by atoms with Crippen molar-refractivity contribution in [3.8, 4) is 11.5 Å². The van der Waals surface area contributed by atoms with E-state index < -0.39 is 5.97 Å². The van der Waals surface area contributed by atoms with E-state index in [2.05, 4.69) is 15.3 Å². The van der Waals surface area contributed by atoms with Gasteiger partial charge in [-0.1, -0.05) is 11.8 Å². The summed E-state index contributed by atoms with van der Waals surface area (Å²) in [6.07, 6.45) is 1.63. The number of aliphatic carboxylic acids is 1. The molecule has 3 rings (SSSR count). The number of rotatable bonds is 5. The third-order valence-corrected chi connectivity index (χ3v) is 3.72. The first-order valence-corrected chi connectivity index (χ1v) is 7.32. The number of ether oxygens (including phenoxy) is 2. The minimum Gasteiger partial charge on any atom is -0.481 e. The van der Waals surface area contributed by atoms with E-state index in [-0.39, 0.29) is 12.5 Å². The lowest BCUT2D eigenvalue weighted by Gasteiger charge is -2.01. The molecule has 1 N–H and O–H groups in total. The lowest BCUT2D eigenvalue weighted by atomic mass is 10.2. The molecule has 2 aromatic rings. The molecule has 0 aliphatic carbocycles. The van der Waals surface area contributed by atoms with E-state index in [0.717, 1.165) is 17.3 Å². The summed E-state index contributed by atoms with van der Waals surface area (Å²) in [5.74, 6) is 0.930. The summed E-state index contributed by atoms with van der Waals surface area (Å²) in [4.78, 5) is 10.6. The van der Waals surface area contributed by atoms with Gasteiger partial charge in [0.1, 0.15) is 0 Å². The van der Waals surface area contributed by atoms with Crippen LogP contribution in [0.4, 0.5) is 0 Å². The molecule has 0 saturated heterocycles. The first kappa shape index (κ1) is 14.4. The zero-order valence-electron chi connectivity index (χ0n) is 11.6. The summed E-state index contributed by atoms with van der Waals surface area (Å²) in [7, 11) is 0. The first-order chi connectivity index (χ1) is 10.6. The molecular weight excluding hydrogens is 308 g/mol. The molecule has 22 heavy (non-hydrogen) atoms. The number of fused-ring (bicyclic) bond motifs is 1. The highest BCUT2D eigenvalue weighted by Gasteiger charge is 2.13. The van der Waals surface area contributed by atoms with Crippen LogP contribution in [-0.2, 0) is 4.79 Å². The molecule has 0 atom stereocenters. The second-order valence-corrected chi connectivity index (χ2v) is 5.32. The molecule has 0 spiro atoms. The molecule has 114 valence electrons. The zero-order valence-corrected chi connectivity index (χ0v) is 12.4. The van der Waals surface area contributed by atoms with E-state index in [1.54, 1.807) is 13.1 Å². The predicted octanol–water partition coefficient (Wildman–Crippen LogP) is 1.37. The number of nitrogens with zero attached hydrogens (tertiary/aromatic N) is 4. The minimum absolute atomic E-state index is 0.0995. The van der Waals surface area contributed by atoms with Gasteiger partial charge in [-0.3, -0.25) is 4.79 Å². The molecule has 8 nitrogen and oxygen atoms in total. The maximum Gasteiger partial charge on any atom is 0.313 e. The minimum atomic E-state index is -0.919. The number of carboxylic acid groups (broad SMARTS) is 1. The van der Waals surface area contributed by atoms with Crippen LogP contribution in [0.25, 0.3) is 0 Å². The van der Waals surface area contributed by atoms with Crippen LogP contribution in [0.1, 0.15) is 11.4 Å². The molecule has 1 aromatic heterocycles. The van der Waals surface area contributed by atoms with Crippen molar-refractivity contribution in [2.24, 2.45) is 5.10 Å². The number of carboxylic acids is 1. The summed E-state index contributed by atoms with van der Waals surface area (Å²) in [6.45, 7) is 1.96. The average molecular weight is 320 g/mol. The van der Waals surface area contributed by atoms with Crippen molar-refractivity contribution in [2.75, 3.05) is 12.5 Å². The molecule has 0 fully saturated rings. The van der Waals surface area contributed by atoms with Crippen LogP contribution in [-0.4, -0.2) is 44.7 Å². The van der Waals surface area contributed by atoms with E-state index in [0.29, 0.717) is 22.5 Å². The molecule has 1 aromatic carbocycles. The summed E-state index contributed by atoms with van der Waals surface area (Å²) in [5, 5.41) is 21.3. The molecule has 0 unspecified atom stereocenters. The number of hydrogen-bond acceptors (Lipinski definition) is 7. The summed E-state index contributed by atoms with van der Waals surface area (Å²) in [6, 6.07) is 5.47. The monoisotopic (exact) mass is 320 g/mol. The van der Waals surface area contributed by atoms with Crippen molar-refractivity contribution in [1.82, 2.24) is 14.9 Å². The summed E-state index contributed by atoms with van der Waals surface area (Å²) >= 11 is 1.06. The molecule has 0 amide bonds. The Morgan fingerprint density at radius 3 is 3.09 bits per heavy atom. The van der Waals surface area contributed by atoms with Gasteiger partial charge in [0.25, 0.3) is 0 Å². The van der Waals surface area contributed by atoms with Crippen LogP contribution in [0.2, 0.25) is 0 Å². The first-order valence-electron chi connectivity index (χ1n) is 6.34. The maximum atomic E-state index is 10.6. The van der Waals surface area contributed by atoms with Crippen molar-refractivity contribution >= 4 is 23.9 Å². The number of aromatic nitrogens is 3. The van der Waals surface area contributed by atoms with Crippen molar-refractivity contribution in [3.05, 3.63) is 29.6 Å². The topological polar surface area (TPSA) is 98.8 Å². The normalized spacial score (nSPS) is 13.0. The Balaban J connectivity index is 1.80. The second-order valence-electron chi connectivity index (χ2n) is 4.38. The van der Waals surface area contributed by atoms with E-state index >= 15 is 0 Å². The summed E-state index contributed by atoms with van der Waals surface area (Å²) in [5.41, 5.74) is 0.825. The van der Waals surface area contributed by atoms with E-state index in [4.69, 9.17) is 14.6 Å². The van der Waals surface area contributed by atoms with Gasteiger partial charge in [-0.25, -0.2) is 0 Å². The molecule has 2 heterocycles. The largest absolute Gasteiger partial charge is 0.481 e. The Morgan fingerprint density at radius 2 is 2.27 bits per heavy atom. The highest BCUT2D eigenvalue weighted by Crippen LogP contribution is 2.32. The number of aryl methyl sites for hydroxylation is 1. The third kappa shape index (κ3) is 3.03. The lowest BCUT2D eigenvalue weighted by molar-refractivity contribution is -0.133. The third-order valence-electron chi connectivity index (χ3n) is 2.81. The fraction of sp³-hybridized carbons (Fsp3) is 0.231. The van der Waals surface area contributed by atoms with Gasteiger partial charge in [0.2, 0.25) is 11.9 Å². The molecular formula is C13H12N4O4S. The Labute approximate surface area is 129 Å². The van der Waals surface area contributed by atoms with Crippen molar-refractivity contribution in [3.63, 3.8) is 0 Å². The van der Waals surface area contributed by atoms with E-state index in [1.165, 1.54) is 4.68 Å². The smallest absolute Gasteiger partial charge is 0.313 e. The van der Waals surface area contributed by atoms with Gasteiger partial charge in [-0.2, -0.15) is 9.78 Å². The van der Waals surface area contributed by atoms with Crippen LogP contribution >= 0.6 is 11.8 Å². The lowest BCUT2D eigenvalue weighted by Crippen LogP contribution is -2.01.